The fraction of sp³-hybridized carbons (Fsp3) is 0.200. The average molecular weight is 235 g/mol. The Labute approximate surface area is 99.4 Å². The Morgan fingerprint density at radius 2 is 2.17 bits per heavy atom. The van der Waals surface area contributed by atoms with E-state index in [4.69, 9.17) is 0 Å². The van der Waals surface area contributed by atoms with Crippen LogP contribution in [-0.2, 0) is 32.7 Å². The molecule has 0 aromatic heterocycles. The molecule has 1 aliphatic heterocycles. The molecule has 0 aliphatic carbocycles. The zero-order valence-electron chi connectivity index (χ0n) is 7.59. The number of rotatable bonds is 1. The summed E-state index contributed by atoms with van der Waals surface area (Å²) < 4.78 is 0. The topological polar surface area (TPSA) is 3.24 Å². The molecule has 61 valence electrons. The van der Waals surface area contributed by atoms with Gasteiger partial charge in [-0.3, -0.25) is 0 Å². The Morgan fingerprint density at radius 1 is 1.58 bits per heavy atom. The van der Waals surface area contributed by atoms with Crippen LogP contribution >= 0.6 is 0 Å². The van der Waals surface area contributed by atoms with E-state index in [9.17, 15) is 0 Å². The van der Waals surface area contributed by atoms with Crippen molar-refractivity contribution in [2.24, 2.45) is 0 Å². The van der Waals surface area contributed by atoms with Gasteiger partial charge in [0.15, 0.2) is 0 Å². The first-order chi connectivity index (χ1) is 5.15. The minimum atomic E-state index is 0. The zero-order valence-corrected chi connectivity index (χ0v) is 10.4. The second-order valence-electron chi connectivity index (χ2n) is 2.61. The van der Waals surface area contributed by atoms with Crippen molar-refractivity contribution in [3.8, 4) is 0 Å². The molecule has 1 radical (unpaired) electrons. The first kappa shape index (κ1) is 11.9. The van der Waals surface area contributed by atoms with Gasteiger partial charge in [0.05, 0.1) is 0 Å². The molecule has 2 heteroatoms. The van der Waals surface area contributed by atoms with E-state index >= 15 is 0 Å². The van der Waals surface area contributed by atoms with Crippen molar-refractivity contribution in [1.82, 2.24) is 4.90 Å². The van der Waals surface area contributed by atoms with Crippen LogP contribution in [0.25, 0.3) is 0 Å². The van der Waals surface area contributed by atoms with Crippen molar-refractivity contribution < 1.29 is 32.7 Å². The number of allylic oxidation sites excluding steroid dienone is 4. The third-order valence-corrected chi connectivity index (χ3v) is 1.70. The summed E-state index contributed by atoms with van der Waals surface area (Å²) in [7, 11) is 1.94. The number of nitrogens with zero attached hydrogens (tertiary/aromatic N) is 1. The van der Waals surface area contributed by atoms with Gasteiger partial charge in [0.25, 0.3) is 0 Å². The van der Waals surface area contributed by atoms with Gasteiger partial charge in [0.2, 0.25) is 0 Å². The molecule has 0 aromatic carbocycles. The van der Waals surface area contributed by atoms with Crippen LogP contribution in [0.2, 0.25) is 0 Å². The summed E-state index contributed by atoms with van der Waals surface area (Å²) in [4.78, 5) is 1.89. The van der Waals surface area contributed by atoms with Crippen molar-refractivity contribution in [2.45, 2.75) is 6.92 Å². The Kier molecular flexibility index (Phi) is 4.73. The summed E-state index contributed by atoms with van der Waals surface area (Å²) in [5, 5.41) is 0. The van der Waals surface area contributed by atoms with Gasteiger partial charge in [-0.25, -0.2) is 0 Å². The molecule has 0 amide bonds. The summed E-state index contributed by atoms with van der Waals surface area (Å²) in [6.07, 6.45) is 6.89. The summed E-state index contributed by atoms with van der Waals surface area (Å²) in [5.74, 6) is 0. The van der Waals surface area contributed by atoms with E-state index in [0.717, 1.165) is 16.7 Å². The molecule has 0 atom stereocenters. The van der Waals surface area contributed by atoms with Crippen LogP contribution in [-0.4, -0.2) is 11.9 Å². The molecule has 1 heterocycles. The van der Waals surface area contributed by atoms with Crippen LogP contribution < -0.4 is 0 Å². The normalized spacial score (nSPS) is 16.2. The van der Waals surface area contributed by atoms with E-state index in [2.05, 4.69) is 19.4 Å². The van der Waals surface area contributed by atoms with E-state index in [-0.39, 0.29) is 32.7 Å². The van der Waals surface area contributed by atoms with Crippen LogP contribution in [0, 0.1) is 6.20 Å². The Morgan fingerprint density at radius 3 is 2.67 bits per heavy atom. The third kappa shape index (κ3) is 2.43. The molecule has 0 unspecified atom stereocenters. The largest absolute Gasteiger partial charge is 0.463 e. The minimum absolute atomic E-state index is 0. The first-order valence-electron chi connectivity index (χ1n) is 3.52. The smallest absolute Gasteiger partial charge is 0 e. The van der Waals surface area contributed by atoms with Crippen LogP contribution in [0.1, 0.15) is 6.92 Å². The SMILES string of the molecule is C=CC1=CN(C)[C-]=C(C)C1=C.[Y]. The summed E-state index contributed by atoms with van der Waals surface area (Å²) in [6.45, 7) is 9.62. The average Bonchev–Trinajstić information content (AvgIpc) is 1.96. The maximum Gasteiger partial charge on any atom is 0 e. The van der Waals surface area contributed by atoms with Crippen molar-refractivity contribution in [3.63, 3.8) is 0 Å². The summed E-state index contributed by atoms with van der Waals surface area (Å²) >= 11 is 0. The standard InChI is InChI=1S/C10H12N.Y/c1-5-10-7-11(4)6-8(2)9(10)3;/h5,7H,1,3H2,2,4H3;/q-1;. The first-order valence-corrected chi connectivity index (χ1v) is 3.52. The van der Waals surface area contributed by atoms with E-state index in [0.29, 0.717) is 0 Å². The molecule has 12 heavy (non-hydrogen) atoms. The fourth-order valence-electron chi connectivity index (χ4n) is 1.04. The van der Waals surface area contributed by atoms with Crippen LogP contribution in [0.5, 0.6) is 0 Å². The Bertz CT molecular complexity index is 261. The van der Waals surface area contributed by atoms with E-state index in [1.165, 1.54) is 0 Å². The van der Waals surface area contributed by atoms with Gasteiger partial charge in [-0.1, -0.05) is 19.2 Å². The van der Waals surface area contributed by atoms with Gasteiger partial charge in [-0.15, -0.1) is 36.1 Å². The molecule has 0 bridgehead atoms. The molecule has 0 spiro atoms. The molecule has 1 aliphatic rings. The maximum atomic E-state index is 3.92. The predicted octanol–water partition coefficient (Wildman–Crippen LogP) is 2.26. The Balaban J connectivity index is 0.00000121. The Hall–Kier alpha value is -0.136. The van der Waals surface area contributed by atoms with E-state index in [1.807, 2.05) is 31.1 Å². The molecule has 0 aromatic rings. The summed E-state index contributed by atoms with van der Waals surface area (Å²) in [5.41, 5.74) is 3.16. The van der Waals surface area contributed by atoms with Crippen molar-refractivity contribution in [3.05, 3.63) is 48.4 Å². The molecular formula is C10H12NY-. The van der Waals surface area contributed by atoms with Crippen molar-refractivity contribution in [1.29, 1.82) is 0 Å². The van der Waals surface area contributed by atoms with Crippen LogP contribution in [0.4, 0.5) is 0 Å². The van der Waals surface area contributed by atoms with Crippen molar-refractivity contribution >= 4 is 0 Å². The van der Waals surface area contributed by atoms with Gasteiger partial charge < -0.3 is 4.90 Å². The summed E-state index contributed by atoms with van der Waals surface area (Å²) in [6, 6.07) is 0. The molecule has 1 rings (SSSR count). The van der Waals surface area contributed by atoms with Gasteiger partial charge >= 0.3 is 0 Å². The number of hydrogen-bond acceptors (Lipinski definition) is 1. The molecule has 0 fully saturated rings. The second-order valence-corrected chi connectivity index (χ2v) is 2.61. The molecule has 1 nitrogen and oxygen atoms in total. The van der Waals surface area contributed by atoms with E-state index < -0.39 is 0 Å². The minimum Gasteiger partial charge on any atom is -0.463 e. The maximum absolute atomic E-state index is 3.92. The zero-order chi connectivity index (χ0) is 8.43. The molecular weight excluding hydrogens is 223 g/mol. The molecule has 0 saturated carbocycles. The second kappa shape index (κ2) is 4.78. The van der Waals surface area contributed by atoms with Gasteiger partial charge in [0, 0.05) is 32.7 Å². The van der Waals surface area contributed by atoms with Crippen LogP contribution in [0.15, 0.2) is 42.2 Å². The molecule has 0 N–H and O–H groups in total. The van der Waals surface area contributed by atoms with E-state index in [1.54, 1.807) is 0 Å². The van der Waals surface area contributed by atoms with Gasteiger partial charge in [-0.05, 0) is 7.05 Å². The van der Waals surface area contributed by atoms with Crippen LogP contribution in [0.3, 0.4) is 0 Å². The molecule has 0 saturated heterocycles. The van der Waals surface area contributed by atoms with Gasteiger partial charge in [0.1, 0.15) is 0 Å². The quantitative estimate of drug-likeness (QED) is 0.630. The van der Waals surface area contributed by atoms with Gasteiger partial charge in [-0.2, -0.15) is 0 Å². The predicted molar refractivity (Wildman–Crippen MR) is 47.6 cm³/mol. The third-order valence-electron chi connectivity index (χ3n) is 1.70. The van der Waals surface area contributed by atoms with Crippen molar-refractivity contribution in [2.75, 3.05) is 7.05 Å². The fourth-order valence-corrected chi connectivity index (χ4v) is 1.04. The number of hydrogen-bond donors (Lipinski definition) is 0. The monoisotopic (exact) mass is 235 g/mol.